The van der Waals surface area contributed by atoms with Gasteiger partial charge in [-0.2, -0.15) is 0 Å². The van der Waals surface area contributed by atoms with Crippen molar-refractivity contribution in [2.75, 3.05) is 6.54 Å². The lowest BCUT2D eigenvalue weighted by atomic mass is 9.98. The molecule has 4 heteroatoms. The van der Waals surface area contributed by atoms with E-state index in [1.54, 1.807) is 12.3 Å². The molecule has 0 spiro atoms. The molecule has 0 fully saturated rings. The Morgan fingerprint density at radius 3 is 2.47 bits per heavy atom. The van der Waals surface area contributed by atoms with Crippen molar-refractivity contribution in [3.63, 3.8) is 0 Å². The normalized spacial score (nSPS) is 12.4. The Hall–Kier alpha value is -1.81. The first-order valence-corrected chi connectivity index (χ1v) is 6.22. The van der Waals surface area contributed by atoms with Gasteiger partial charge < -0.3 is 5.32 Å². The number of hydrogen-bond acceptors (Lipinski definition) is 2. The minimum absolute atomic E-state index is 0.165. The summed E-state index contributed by atoms with van der Waals surface area (Å²) >= 11 is 0. The first kappa shape index (κ1) is 13.6. The van der Waals surface area contributed by atoms with Crippen LogP contribution in [0.25, 0.3) is 0 Å². The lowest BCUT2D eigenvalue weighted by Gasteiger charge is -2.19. The quantitative estimate of drug-likeness (QED) is 0.913. The number of aryl methyl sites for hydroxylation is 1. The Labute approximate surface area is 111 Å². The molecule has 1 aromatic carbocycles. The van der Waals surface area contributed by atoms with Crippen LogP contribution in [0.4, 0.5) is 8.78 Å². The molecule has 2 aromatic rings. The lowest BCUT2D eigenvalue weighted by Crippen LogP contribution is -2.22. The van der Waals surface area contributed by atoms with Crippen molar-refractivity contribution in [2.24, 2.45) is 0 Å². The number of hydrogen-bond donors (Lipinski definition) is 1. The maximum Gasteiger partial charge on any atom is 0.159 e. The largest absolute Gasteiger partial charge is 0.307 e. The highest BCUT2D eigenvalue weighted by Gasteiger charge is 2.15. The van der Waals surface area contributed by atoms with Crippen molar-refractivity contribution < 1.29 is 8.78 Å². The van der Waals surface area contributed by atoms with Gasteiger partial charge in [-0.25, -0.2) is 8.78 Å². The first-order valence-electron chi connectivity index (χ1n) is 6.22. The standard InChI is InChI=1S/C15H16F2N2/c1-3-18-15(12-6-7-19-10(2)8-12)11-4-5-13(16)14(17)9-11/h4-9,15,18H,3H2,1-2H3. The van der Waals surface area contributed by atoms with E-state index in [4.69, 9.17) is 0 Å². The second-order valence-electron chi connectivity index (χ2n) is 4.39. The molecule has 0 saturated heterocycles. The van der Waals surface area contributed by atoms with E-state index < -0.39 is 11.6 Å². The zero-order valence-electron chi connectivity index (χ0n) is 11.0. The molecule has 0 saturated carbocycles. The molecule has 0 amide bonds. The summed E-state index contributed by atoms with van der Waals surface area (Å²) in [5.41, 5.74) is 2.58. The van der Waals surface area contributed by atoms with Crippen molar-refractivity contribution in [3.05, 3.63) is 65.0 Å². The molecule has 1 N–H and O–H groups in total. The van der Waals surface area contributed by atoms with Crippen LogP contribution in [-0.2, 0) is 0 Å². The van der Waals surface area contributed by atoms with Crippen molar-refractivity contribution in [3.8, 4) is 0 Å². The molecule has 1 heterocycles. The van der Waals surface area contributed by atoms with Crippen LogP contribution in [0.3, 0.4) is 0 Å². The van der Waals surface area contributed by atoms with Crippen LogP contribution in [-0.4, -0.2) is 11.5 Å². The average molecular weight is 262 g/mol. The van der Waals surface area contributed by atoms with Crippen LogP contribution in [0.1, 0.15) is 29.8 Å². The Balaban J connectivity index is 2.42. The van der Waals surface area contributed by atoms with Gasteiger partial charge in [0.05, 0.1) is 6.04 Å². The van der Waals surface area contributed by atoms with Crippen LogP contribution < -0.4 is 5.32 Å². The van der Waals surface area contributed by atoms with Gasteiger partial charge in [0.25, 0.3) is 0 Å². The molecule has 2 rings (SSSR count). The zero-order valence-corrected chi connectivity index (χ0v) is 11.0. The van der Waals surface area contributed by atoms with Gasteiger partial charge in [-0.1, -0.05) is 13.0 Å². The van der Waals surface area contributed by atoms with Crippen LogP contribution in [0.2, 0.25) is 0 Å². The average Bonchev–Trinajstić information content (AvgIpc) is 2.39. The third kappa shape index (κ3) is 3.15. The molecule has 1 atom stereocenters. The number of halogens is 2. The van der Waals surface area contributed by atoms with Crippen LogP contribution >= 0.6 is 0 Å². The number of nitrogens with zero attached hydrogens (tertiary/aromatic N) is 1. The van der Waals surface area contributed by atoms with Crippen molar-refractivity contribution in [1.29, 1.82) is 0 Å². The topological polar surface area (TPSA) is 24.9 Å². The highest BCUT2D eigenvalue weighted by molar-refractivity contribution is 5.32. The van der Waals surface area contributed by atoms with E-state index >= 15 is 0 Å². The van der Waals surface area contributed by atoms with Gasteiger partial charge >= 0.3 is 0 Å². The predicted octanol–water partition coefficient (Wildman–Crippen LogP) is 3.37. The Bertz CT molecular complexity index is 570. The maximum absolute atomic E-state index is 13.4. The van der Waals surface area contributed by atoms with Crippen molar-refractivity contribution >= 4 is 0 Å². The Kier molecular flexibility index (Phi) is 4.22. The molecule has 0 aliphatic rings. The minimum atomic E-state index is -0.829. The van der Waals surface area contributed by atoms with Crippen molar-refractivity contribution in [1.82, 2.24) is 10.3 Å². The van der Waals surface area contributed by atoms with Gasteiger partial charge in [-0.3, -0.25) is 4.98 Å². The van der Waals surface area contributed by atoms with E-state index in [0.717, 1.165) is 23.9 Å². The summed E-state index contributed by atoms with van der Waals surface area (Å²) in [6.07, 6.45) is 1.72. The number of nitrogens with one attached hydrogen (secondary N) is 1. The second-order valence-corrected chi connectivity index (χ2v) is 4.39. The van der Waals surface area contributed by atoms with Gasteiger partial charge in [0.15, 0.2) is 11.6 Å². The maximum atomic E-state index is 13.4. The SMILES string of the molecule is CCNC(c1ccnc(C)c1)c1ccc(F)c(F)c1. The van der Waals surface area contributed by atoms with E-state index in [9.17, 15) is 8.78 Å². The third-order valence-corrected chi connectivity index (χ3v) is 2.94. The second kappa shape index (κ2) is 5.89. The van der Waals surface area contributed by atoms with Gasteiger partial charge in [-0.15, -0.1) is 0 Å². The number of pyridine rings is 1. The van der Waals surface area contributed by atoms with Gasteiger partial charge in [0, 0.05) is 11.9 Å². The number of benzene rings is 1. The summed E-state index contributed by atoms with van der Waals surface area (Å²) in [7, 11) is 0. The summed E-state index contributed by atoms with van der Waals surface area (Å²) in [5.74, 6) is -1.66. The Morgan fingerprint density at radius 2 is 1.84 bits per heavy atom. The number of rotatable bonds is 4. The van der Waals surface area contributed by atoms with Crippen molar-refractivity contribution in [2.45, 2.75) is 19.9 Å². The summed E-state index contributed by atoms with van der Waals surface area (Å²) in [6.45, 7) is 4.60. The molecular formula is C15H16F2N2. The molecule has 1 unspecified atom stereocenters. The number of aromatic nitrogens is 1. The van der Waals surface area contributed by atoms with E-state index in [2.05, 4.69) is 10.3 Å². The molecule has 0 bridgehead atoms. The molecular weight excluding hydrogens is 246 g/mol. The van der Waals surface area contributed by atoms with Gasteiger partial charge in [0.2, 0.25) is 0 Å². The fourth-order valence-electron chi connectivity index (χ4n) is 2.07. The van der Waals surface area contributed by atoms with E-state index in [1.807, 2.05) is 26.0 Å². The molecule has 2 nitrogen and oxygen atoms in total. The molecule has 19 heavy (non-hydrogen) atoms. The molecule has 0 aliphatic carbocycles. The highest BCUT2D eigenvalue weighted by atomic mass is 19.2. The van der Waals surface area contributed by atoms with E-state index in [1.165, 1.54) is 6.07 Å². The molecule has 0 aliphatic heterocycles. The summed E-state index contributed by atoms with van der Waals surface area (Å²) in [5, 5.41) is 3.27. The fraction of sp³-hybridized carbons (Fsp3) is 0.267. The van der Waals surface area contributed by atoms with Gasteiger partial charge in [0.1, 0.15) is 0 Å². The van der Waals surface area contributed by atoms with Crippen LogP contribution in [0.15, 0.2) is 36.5 Å². The smallest absolute Gasteiger partial charge is 0.159 e. The minimum Gasteiger partial charge on any atom is -0.307 e. The van der Waals surface area contributed by atoms with Gasteiger partial charge in [-0.05, 0) is 48.9 Å². The monoisotopic (exact) mass is 262 g/mol. The molecule has 0 radical (unpaired) electrons. The summed E-state index contributed by atoms with van der Waals surface area (Å²) < 4.78 is 26.4. The predicted molar refractivity (Wildman–Crippen MR) is 70.9 cm³/mol. The third-order valence-electron chi connectivity index (χ3n) is 2.94. The first-order chi connectivity index (χ1) is 9.11. The van der Waals surface area contributed by atoms with E-state index in [0.29, 0.717) is 5.56 Å². The fourth-order valence-corrected chi connectivity index (χ4v) is 2.07. The van der Waals surface area contributed by atoms with Crippen LogP contribution in [0.5, 0.6) is 0 Å². The van der Waals surface area contributed by atoms with Crippen LogP contribution in [0, 0.1) is 18.6 Å². The highest BCUT2D eigenvalue weighted by Crippen LogP contribution is 2.23. The van der Waals surface area contributed by atoms with E-state index in [-0.39, 0.29) is 6.04 Å². The zero-order chi connectivity index (χ0) is 13.8. The lowest BCUT2D eigenvalue weighted by molar-refractivity contribution is 0.504. The summed E-state index contributed by atoms with van der Waals surface area (Å²) in [6, 6.07) is 7.64. The summed E-state index contributed by atoms with van der Waals surface area (Å²) in [4.78, 5) is 4.15. The Morgan fingerprint density at radius 1 is 1.11 bits per heavy atom. The molecule has 1 aromatic heterocycles. The molecule has 100 valence electrons.